The first-order valence-electron chi connectivity index (χ1n) is 12.1. The third-order valence-corrected chi connectivity index (χ3v) is 8.08. The lowest BCUT2D eigenvalue weighted by Crippen LogP contribution is -2.29. The van der Waals surface area contributed by atoms with E-state index in [9.17, 15) is 13.5 Å². The number of hydrogen-bond donors (Lipinski definition) is 2. The molecule has 2 aromatic carbocycles. The fourth-order valence-electron chi connectivity index (χ4n) is 4.31. The zero-order valence-electron chi connectivity index (χ0n) is 20.5. The van der Waals surface area contributed by atoms with Gasteiger partial charge in [-0.3, -0.25) is 0 Å². The zero-order valence-corrected chi connectivity index (χ0v) is 21.3. The lowest BCUT2D eigenvalue weighted by atomic mass is 10.1. The number of nitrogens with one attached hydrogen (secondary N) is 1. The SMILES string of the molecule is C[C@H](O)c1nccn1Cc1cc(-c2ccc(C#Cc3ccc(CNC4CCS(=O)(=O)C4)cc3)cc2)on1. The van der Waals surface area contributed by atoms with Crippen molar-refractivity contribution < 1.29 is 18.0 Å². The van der Waals surface area contributed by atoms with Crippen LogP contribution in [0.5, 0.6) is 0 Å². The van der Waals surface area contributed by atoms with E-state index in [-0.39, 0.29) is 17.5 Å². The summed E-state index contributed by atoms with van der Waals surface area (Å²) >= 11 is 0. The molecule has 190 valence electrons. The quantitative estimate of drug-likeness (QED) is 0.363. The van der Waals surface area contributed by atoms with Gasteiger partial charge in [-0.05, 0) is 55.3 Å². The highest BCUT2D eigenvalue weighted by Gasteiger charge is 2.27. The number of sulfone groups is 1. The molecule has 1 unspecified atom stereocenters. The van der Waals surface area contributed by atoms with E-state index < -0.39 is 15.9 Å². The van der Waals surface area contributed by atoms with Crippen molar-refractivity contribution in [1.29, 1.82) is 0 Å². The minimum atomic E-state index is -2.87. The fraction of sp³-hybridized carbons (Fsp3) is 0.286. The molecular formula is C28H28N4O4S. The maximum absolute atomic E-state index is 11.6. The van der Waals surface area contributed by atoms with Crippen LogP contribution in [-0.2, 0) is 22.9 Å². The summed E-state index contributed by atoms with van der Waals surface area (Å²) in [7, 11) is -2.87. The van der Waals surface area contributed by atoms with Gasteiger partial charge in [-0.25, -0.2) is 13.4 Å². The van der Waals surface area contributed by atoms with Gasteiger partial charge in [0.1, 0.15) is 17.6 Å². The van der Waals surface area contributed by atoms with E-state index >= 15 is 0 Å². The average Bonchev–Trinajstić information content (AvgIpc) is 3.63. The number of benzene rings is 2. The van der Waals surface area contributed by atoms with E-state index in [0.717, 1.165) is 27.9 Å². The molecule has 8 nitrogen and oxygen atoms in total. The van der Waals surface area contributed by atoms with Crippen LogP contribution in [0.1, 0.15) is 47.7 Å². The monoisotopic (exact) mass is 516 g/mol. The Morgan fingerprint density at radius 2 is 1.84 bits per heavy atom. The van der Waals surface area contributed by atoms with Crippen LogP contribution in [0.25, 0.3) is 11.3 Å². The van der Waals surface area contributed by atoms with Crippen molar-refractivity contribution in [3.8, 4) is 23.2 Å². The molecule has 0 aliphatic carbocycles. The Bertz CT molecular complexity index is 1530. The van der Waals surface area contributed by atoms with E-state index in [1.165, 1.54) is 0 Å². The summed E-state index contributed by atoms with van der Waals surface area (Å²) in [6, 6.07) is 17.7. The van der Waals surface area contributed by atoms with Gasteiger partial charge in [0.25, 0.3) is 0 Å². The second kappa shape index (κ2) is 10.7. The van der Waals surface area contributed by atoms with Crippen LogP contribution in [0.4, 0.5) is 0 Å². The molecule has 2 atom stereocenters. The maximum atomic E-state index is 11.6. The molecule has 1 aliphatic heterocycles. The van der Waals surface area contributed by atoms with Crippen molar-refractivity contribution in [3.63, 3.8) is 0 Å². The van der Waals surface area contributed by atoms with Gasteiger partial charge < -0.3 is 19.5 Å². The van der Waals surface area contributed by atoms with Crippen LogP contribution in [-0.4, -0.2) is 45.8 Å². The Balaban J connectivity index is 1.17. The molecule has 1 aliphatic rings. The molecule has 2 N–H and O–H groups in total. The average molecular weight is 517 g/mol. The first-order valence-corrected chi connectivity index (χ1v) is 14.0. The third-order valence-electron chi connectivity index (χ3n) is 6.31. The van der Waals surface area contributed by atoms with Crippen molar-refractivity contribution in [2.24, 2.45) is 0 Å². The highest BCUT2D eigenvalue weighted by Crippen LogP contribution is 2.22. The maximum Gasteiger partial charge on any atom is 0.167 e. The summed E-state index contributed by atoms with van der Waals surface area (Å²) < 4.78 is 30.5. The van der Waals surface area contributed by atoms with E-state index in [2.05, 4.69) is 27.3 Å². The van der Waals surface area contributed by atoms with Crippen LogP contribution < -0.4 is 5.32 Å². The highest BCUT2D eigenvalue weighted by atomic mass is 32.2. The largest absolute Gasteiger partial charge is 0.385 e. The van der Waals surface area contributed by atoms with Gasteiger partial charge in [-0.1, -0.05) is 29.1 Å². The molecular weight excluding hydrogens is 488 g/mol. The first-order chi connectivity index (χ1) is 17.8. The van der Waals surface area contributed by atoms with Gasteiger partial charge in [0, 0.05) is 47.7 Å². The predicted octanol–water partition coefficient (Wildman–Crippen LogP) is 3.32. The van der Waals surface area contributed by atoms with Crippen molar-refractivity contribution in [2.75, 3.05) is 11.5 Å². The summed E-state index contributed by atoms with van der Waals surface area (Å²) in [5.74, 6) is 8.11. The molecule has 0 saturated carbocycles. The minimum absolute atomic E-state index is 0.0376. The summed E-state index contributed by atoms with van der Waals surface area (Å²) in [6.45, 7) is 2.78. The molecule has 0 spiro atoms. The summed E-state index contributed by atoms with van der Waals surface area (Å²) in [5.41, 5.74) is 4.54. The van der Waals surface area contributed by atoms with Crippen LogP contribution in [0, 0.1) is 11.8 Å². The number of imidazole rings is 1. The van der Waals surface area contributed by atoms with E-state index in [1.54, 1.807) is 19.3 Å². The molecule has 37 heavy (non-hydrogen) atoms. The molecule has 9 heteroatoms. The normalized spacial score (nSPS) is 17.3. The van der Waals surface area contributed by atoms with Crippen LogP contribution >= 0.6 is 0 Å². The molecule has 1 saturated heterocycles. The van der Waals surface area contributed by atoms with Crippen molar-refractivity contribution >= 4 is 9.84 Å². The first kappa shape index (κ1) is 25.0. The lowest BCUT2D eigenvalue weighted by Gasteiger charge is -2.10. The second-order valence-electron chi connectivity index (χ2n) is 9.28. The van der Waals surface area contributed by atoms with Gasteiger partial charge in [0.05, 0.1) is 18.1 Å². The number of aliphatic hydroxyl groups is 1. The molecule has 0 radical (unpaired) electrons. The molecule has 0 amide bonds. The Hall–Kier alpha value is -3.71. The van der Waals surface area contributed by atoms with E-state index in [1.807, 2.05) is 59.2 Å². The summed E-state index contributed by atoms with van der Waals surface area (Å²) in [4.78, 5) is 4.18. The third kappa shape index (κ3) is 6.35. The van der Waals surface area contributed by atoms with Gasteiger partial charge in [-0.2, -0.15) is 0 Å². The molecule has 1 fully saturated rings. The van der Waals surface area contributed by atoms with E-state index in [4.69, 9.17) is 4.52 Å². The van der Waals surface area contributed by atoms with Gasteiger partial charge in [0.15, 0.2) is 15.6 Å². The van der Waals surface area contributed by atoms with Gasteiger partial charge in [-0.15, -0.1) is 0 Å². The number of aromatic nitrogens is 3. The number of aliphatic hydroxyl groups excluding tert-OH is 1. The molecule has 5 rings (SSSR count). The summed E-state index contributed by atoms with van der Waals surface area (Å²) in [5, 5.41) is 17.3. The fourth-order valence-corrected chi connectivity index (χ4v) is 6.01. The topological polar surface area (TPSA) is 110 Å². The minimum Gasteiger partial charge on any atom is -0.385 e. The van der Waals surface area contributed by atoms with Gasteiger partial charge in [0.2, 0.25) is 0 Å². The predicted molar refractivity (Wildman–Crippen MR) is 140 cm³/mol. The highest BCUT2D eigenvalue weighted by molar-refractivity contribution is 7.91. The van der Waals surface area contributed by atoms with E-state index in [0.29, 0.717) is 31.1 Å². The molecule has 0 bridgehead atoms. The Morgan fingerprint density at radius 1 is 1.14 bits per heavy atom. The Labute approximate surface area is 216 Å². The zero-order chi connectivity index (χ0) is 25.8. The molecule has 3 heterocycles. The Kier molecular flexibility index (Phi) is 7.24. The van der Waals surface area contributed by atoms with Crippen LogP contribution in [0.15, 0.2) is 71.5 Å². The van der Waals surface area contributed by atoms with Gasteiger partial charge >= 0.3 is 0 Å². The molecule has 4 aromatic rings. The van der Waals surface area contributed by atoms with Crippen molar-refractivity contribution in [2.45, 2.75) is 38.6 Å². The van der Waals surface area contributed by atoms with Crippen LogP contribution in [0.2, 0.25) is 0 Å². The number of hydrogen-bond acceptors (Lipinski definition) is 7. The molecule has 2 aromatic heterocycles. The standard InChI is InChI=1S/C28H28N4O4S/c1-20(33)28-29-13-14-32(28)18-26-16-27(36-31-26)24-10-8-22(9-11-24)3-2-21-4-6-23(7-5-21)17-30-25-12-15-37(34,35)19-25/h4-11,13-14,16,20,25,30,33H,12,15,17-19H2,1H3/t20-,25?/m0/s1. The van der Waals surface area contributed by atoms with Crippen molar-refractivity contribution in [3.05, 3.63) is 95.2 Å². The van der Waals surface area contributed by atoms with Crippen LogP contribution in [0.3, 0.4) is 0 Å². The van der Waals surface area contributed by atoms with Crippen molar-refractivity contribution in [1.82, 2.24) is 20.0 Å². The number of nitrogens with zero attached hydrogens (tertiary/aromatic N) is 3. The smallest absolute Gasteiger partial charge is 0.167 e. The summed E-state index contributed by atoms with van der Waals surface area (Å²) in [6.07, 6.45) is 3.48. The Morgan fingerprint density at radius 3 is 2.49 bits per heavy atom. The number of rotatable bonds is 7. The lowest BCUT2D eigenvalue weighted by molar-refractivity contribution is 0.184. The second-order valence-corrected chi connectivity index (χ2v) is 11.5.